The van der Waals surface area contributed by atoms with Gasteiger partial charge in [-0.1, -0.05) is 54.6 Å². The van der Waals surface area contributed by atoms with E-state index in [2.05, 4.69) is 83.3 Å². The van der Waals surface area contributed by atoms with Crippen LogP contribution in [0.3, 0.4) is 0 Å². The van der Waals surface area contributed by atoms with E-state index >= 15 is 0 Å². The second kappa shape index (κ2) is 7.45. The molecule has 124 valence electrons. The highest BCUT2D eigenvalue weighted by molar-refractivity contribution is 5.63. The number of hydrogen-bond acceptors (Lipinski definition) is 2. The lowest BCUT2D eigenvalue weighted by molar-refractivity contribution is 0.393. The molecule has 3 nitrogen and oxygen atoms in total. The van der Waals surface area contributed by atoms with Gasteiger partial charge in [0.1, 0.15) is 0 Å². The van der Waals surface area contributed by atoms with Crippen molar-refractivity contribution in [2.24, 2.45) is 0 Å². The topological polar surface area (TPSA) is 29.9 Å². The van der Waals surface area contributed by atoms with Crippen molar-refractivity contribution < 1.29 is 0 Å². The third kappa shape index (κ3) is 4.12. The molecule has 0 aliphatic carbocycles. The Morgan fingerprint density at radius 2 is 1.67 bits per heavy atom. The average molecular weight is 319 g/mol. The van der Waals surface area contributed by atoms with Gasteiger partial charge in [-0.05, 0) is 43.5 Å². The fourth-order valence-electron chi connectivity index (χ4n) is 2.89. The largest absolute Gasteiger partial charge is 0.337 e. The van der Waals surface area contributed by atoms with Crippen molar-refractivity contribution in [2.75, 3.05) is 6.54 Å². The van der Waals surface area contributed by atoms with Crippen molar-refractivity contribution in [3.63, 3.8) is 0 Å². The molecule has 0 atom stereocenters. The lowest BCUT2D eigenvalue weighted by Crippen LogP contribution is -2.37. The zero-order valence-corrected chi connectivity index (χ0v) is 14.4. The fraction of sp³-hybridized carbons (Fsp3) is 0.286. The number of nitrogens with one attached hydrogen (secondary N) is 1. The fourth-order valence-corrected chi connectivity index (χ4v) is 2.89. The molecule has 0 radical (unpaired) electrons. The second-order valence-electron chi connectivity index (χ2n) is 6.65. The van der Waals surface area contributed by atoms with E-state index in [1.54, 1.807) is 0 Å². The first-order chi connectivity index (χ1) is 11.6. The van der Waals surface area contributed by atoms with Crippen LogP contribution in [0, 0.1) is 0 Å². The van der Waals surface area contributed by atoms with E-state index in [1.807, 2.05) is 18.7 Å². The number of imidazole rings is 1. The SMILES string of the molecule is CC(C)(NCCCn1ccnc1)c1ccc(-c2ccccc2)cc1. The molecule has 1 N–H and O–H groups in total. The molecule has 0 unspecified atom stereocenters. The Morgan fingerprint density at radius 1 is 0.958 bits per heavy atom. The molecular formula is C21H25N3. The van der Waals surface area contributed by atoms with E-state index in [0.29, 0.717) is 0 Å². The van der Waals surface area contributed by atoms with Crippen molar-refractivity contribution in [3.8, 4) is 11.1 Å². The highest BCUT2D eigenvalue weighted by Gasteiger charge is 2.19. The highest BCUT2D eigenvalue weighted by atomic mass is 15.0. The molecule has 0 saturated carbocycles. The van der Waals surface area contributed by atoms with Crippen LogP contribution >= 0.6 is 0 Å². The summed E-state index contributed by atoms with van der Waals surface area (Å²) in [4.78, 5) is 4.07. The van der Waals surface area contributed by atoms with Crippen LogP contribution in [0.5, 0.6) is 0 Å². The Hall–Kier alpha value is -2.39. The molecule has 0 saturated heterocycles. The maximum absolute atomic E-state index is 4.07. The van der Waals surface area contributed by atoms with Gasteiger partial charge in [0.15, 0.2) is 0 Å². The van der Waals surface area contributed by atoms with Gasteiger partial charge in [0.25, 0.3) is 0 Å². The first-order valence-electron chi connectivity index (χ1n) is 8.52. The van der Waals surface area contributed by atoms with Crippen molar-refractivity contribution in [1.82, 2.24) is 14.9 Å². The van der Waals surface area contributed by atoms with Crippen LogP contribution in [0.15, 0.2) is 73.3 Å². The summed E-state index contributed by atoms with van der Waals surface area (Å²) in [6, 6.07) is 19.4. The minimum atomic E-state index is -0.0375. The van der Waals surface area contributed by atoms with Crippen molar-refractivity contribution in [2.45, 2.75) is 32.4 Å². The molecule has 1 aromatic heterocycles. The molecule has 0 spiro atoms. The number of rotatable bonds is 7. The summed E-state index contributed by atoms with van der Waals surface area (Å²) < 4.78 is 2.11. The van der Waals surface area contributed by atoms with Gasteiger partial charge in [0, 0.05) is 24.5 Å². The minimum Gasteiger partial charge on any atom is -0.337 e. The molecule has 0 aliphatic rings. The van der Waals surface area contributed by atoms with Gasteiger partial charge < -0.3 is 9.88 Å². The van der Waals surface area contributed by atoms with E-state index in [1.165, 1.54) is 16.7 Å². The summed E-state index contributed by atoms with van der Waals surface area (Å²) in [5.74, 6) is 0. The van der Waals surface area contributed by atoms with Gasteiger partial charge >= 0.3 is 0 Å². The van der Waals surface area contributed by atoms with Crippen LogP contribution in [0.1, 0.15) is 25.8 Å². The van der Waals surface area contributed by atoms with Gasteiger partial charge in [-0.3, -0.25) is 0 Å². The predicted molar refractivity (Wildman–Crippen MR) is 99.8 cm³/mol. The average Bonchev–Trinajstić information content (AvgIpc) is 3.13. The van der Waals surface area contributed by atoms with Crippen LogP contribution in [0.25, 0.3) is 11.1 Å². The molecule has 3 heteroatoms. The molecule has 0 aliphatic heterocycles. The lowest BCUT2D eigenvalue weighted by atomic mass is 9.92. The maximum atomic E-state index is 4.07. The van der Waals surface area contributed by atoms with Crippen molar-refractivity contribution in [3.05, 3.63) is 78.9 Å². The highest BCUT2D eigenvalue weighted by Crippen LogP contribution is 2.24. The normalized spacial score (nSPS) is 11.6. The lowest BCUT2D eigenvalue weighted by Gasteiger charge is -2.27. The van der Waals surface area contributed by atoms with Crippen LogP contribution in [0.4, 0.5) is 0 Å². The van der Waals surface area contributed by atoms with E-state index in [4.69, 9.17) is 0 Å². The monoisotopic (exact) mass is 319 g/mol. The molecule has 3 aromatic rings. The Kier molecular flexibility index (Phi) is 5.11. The summed E-state index contributed by atoms with van der Waals surface area (Å²) in [7, 11) is 0. The number of nitrogens with zero attached hydrogens (tertiary/aromatic N) is 2. The second-order valence-corrected chi connectivity index (χ2v) is 6.65. The molecule has 0 fully saturated rings. The Morgan fingerprint density at radius 3 is 2.33 bits per heavy atom. The Labute approximate surface area is 144 Å². The van der Waals surface area contributed by atoms with Gasteiger partial charge in [0.05, 0.1) is 6.33 Å². The summed E-state index contributed by atoms with van der Waals surface area (Å²) >= 11 is 0. The molecule has 0 amide bonds. The molecule has 2 aromatic carbocycles. The van der Waals surface area contributed by atoms with Crippen LogP contribution in [-0.4, -0.2) is 16.1 Å². The first-order valence-corrected chi connectivity index (χ1v) is 8.52. The molecule has 3 rings (SSSR count). The smallest absolute Gasteiger partial charge is 0.0945 e. The summed E-state index contributed by atoms with van der Waals surface area (Å²) in [6.07, 6.45) is 6.79. The number of hydrogen-bond donors (Lipinski definition) is 1. The number of aromatic nitrogens is 2. The minimum absolute atomic E-state index is 0.0375. The molecular weight excluding hydrogens is 294 g/mol. The first kappa shape index (κ1) is 16.5. The summed E-state index contributed by atoms with van der Waals surface area (Å²) in [5.41, 5.74) is 3.79. The molecule has 24 heavy (non-hydrogen) atoms. The van der Waals surface area contributed by atoms with Crippen LogP contribution in [0.2, 0.25) is 0 Å². The predicted octanol–water partition coefficient (Wildman–Crippen LogP) is 4.47. The van der Waals surface area contributed by atoms with Gasteiger partial charge in [-0.15, -0.1) is 0 Å². The van der Waals surface area contributed by atoms with E-state index < -0.39 is 0 Å². The summed E-state index contributed by atoms with van der Waals surface area (Å²) in [5, 5.41) is 3.66. The zero-order valence-electron chi connectivity index (χ0n) is 14.4. The third-order valence-electron chi connectivity index (χ3n) is 4.43. The van der Waals surface area contributed by atoms with Crippen LogP contribution in [-0.2, 0) is 12.1 Å². The number of benzene rings is 2. The molecule has 1 heterocycles. The molecule has 0 bridgehead atoms. The quantitative estimate of drug-likeness (QED) is 0.651. The van der Waals surface area contributed by atoms with Gasteiger partial charge in [-0.25, -0.2) is 4.98 Å². The Balaban J connectivity index is 1.57. The standard InChI is InChI=1S/C21H25N3/c1-21(2,23-13-6-15-24-16-14-22-17-24)20-11-9-19(10-12-20)18-7-4-3-5-8-18/h3-5,7-12,14,16-17,23H,6,13,15H2,1-2H3. The van der Waals surface area contributed by atoms with Crippen molar-refractivity contribution >= 4 is 0 Å². The van der Waals surface area contributed by atoms with Crippen LogP contribution < -0.4 is 5.32 Å². The zero-order chi connectivity index (χ0) is 16.8. The van der Waals surface area contributed by atoms with E-state index in [0.717, 1.165) is 19.5 Å². The van der Waals surface area contributed by atoms with Gasteiger partial charge in [0.2, 0.25) is 0 Å². The van der Waals surface area contributed by atoms with Crippen molar-refractivity contribution in [1.29, 1.82) is 0 Å². The number of aryl methyl sites for hydroxylation is 1. The van der Waals surface area contributed by atoms with E-state index in [9.17, 15) is 0 Å². The summed E-state index contributed by atoms with van der Waals surface area (Å²) in [6.45, 7) is 6.45. The van der Waals surface area contributed by atoms with Gasteiger partial charge in [-0.2, -0.15) is 0 Å². The third-order valence-corrected chi connectivity index (χ3v) is 4.43. The Bertz CT molecular complexity index is 729. The maximum Gasteiger partial charge on any atom is 0.0945 e. The van der Waals surface area contributed by atoms with E-state index in [-0.39, 0.29) is 5.54 Å².